The van der Waals surface area contributed by atoms with Crippen LogP contribution in [0.5, 0.6) is 0 Å². The van der Waals surface area contributed by atoms with Crippen LogP contribution in [0.4, 0.5) is 4.39 Å². The Bertz CT molecular complexity index is 539. The van der Waals surface area contributed by atoms with Crippen LogP contribution in [0.3, 0.4) is 0 Å². The monoisotopic (exact) mass is 273 g/mol. The van der Waals surface area contributed by atoms with Crippen LogP contribution < -0.4 is 4.72 Å². The minimum atomic E-state index is -3.99. The molecule has 1 rings (SSSR count). The lowest BCUT2D eigenvalue weighted by molar-refractivity contribution is -0.138. The molecule has 0 fully saturated rings. The van der Waals surface area contributed by atoms with Gasteiger partial charge >= 0.3 is 5.97 Å². The van der Waals surface area contributed by atoms with Gasteiger partial charge in [-0.3, -0.25) is 4.79 Å². The van der Waals surface area contributed by atoms with E-state index in [9.17, 15) is 17.6 Å². The number of halogens is 1. The number of sulfonamides is 1. The van der Waals surface area contributed by atoms with Crippen molar-refractivity contribution in [3.63, 3.8) is 0 Å². The van der Waals surface area contributed by atoms with Gasteiger partial charge in [-0.1, -0.05) is 6.08 Å². The molecular formula is C11H12FNO4S. The Balaban J connectivity index is 2.96. The third-order valence-electron chi connectivity index (χ3n) is 2.12. The lowest BCUT2D eigenvalue weighted by Gasteiger charge is -2.12. The lowest BCUT2D eigenvalue weighted by Crippen LogP contribution is -2.40. The van der Waals surface area contributed by atoms with Crippen molar-refractivity contribution in [3.05, 3.63) is 42.7 Å². The van der Waals surface area contributed by atoms with Gasteiger partial charge in [0.1, 0.15) is 11.9 Å². The molecule has 1 aromatic rings. The van der Waals surface area contributed by atoms with Crippen molar-refractivity contribution in [3.8, 4) is 0 Å². The third-order valence-corrected chi connectivity index (χ3v) is 3.61. The summed E-state index contributed by atoms with van der Waals surface area (Å²) in [5, 5.41) is 8.82. The number of hydrogen-bond donors (Lipinski definition) is 2. The molecule has 0 aliphatic rings. The zero-order chi connectivity index (χ0) is 13.8. The van der Waals surface area contributed by atoms with E-state index in [2.05, 4.69) is 6.58 Å². The van der Waals surface area contributed by atoms with Gasteiger partial charge in [0.25, 0.3) is 0 Å². The fourth-order valence-corrected chi connectivity index (χ4v) is 2.44. The number of aliphatic carboxylic acids is 1. The van der Waals surface area contributed by atoms with Gasteiger partial charge in [-0.2, -0.15) is 4.72 Å². The highest BCUT2D eigenvalue weighted by atomic mass is 32.2. The fraction of sp³-hybridized carbons (Fsp3) is 0.182. The Morgan fingerprint density at radius 1 is 1.44 bits per heavy atom. The molecule has 1 unspecified atom stereocenters. The summed E-state index contributed by atoms with van der Waals surface area (Å²) in [6.07, 6.45) is 1.25. The van der Waals surface area contributed by atoms with Gasteiger partial charge in [0.2, 0.25) is 10.0 Å². The highest BCUT2D eigenvalue weighted by Crippen LogP contribution is 2.11. The smallest absolute Gasteiger partial charge is 0.322 e. The SMILES string of the molecule is C=CCC(NS(=O)(=O)c1ccc(F)cc1)C(=O)O. The van der Waals surface area contributed by atoms with Crippen molar-refractivity contribution < 1.29 is 22.7 Å². The van der Waals surface area contributed by atoms with E-state index in [1.165, 1.54) is 6.08 Å². The molecule has 0 heterocycles. The summed E-state index contributed by atoms with van der Waals surface area (Å²) in [6, 6.07) is 2.79. The van der Waals surface area contributed by atoms with Gasteiger partial charge < -0.3 is 5.11 Å². The van der Waals surface area contributed by atoms with Crippen LogP contribution in [0.2, 0.25) is 0 Å². The molecule has 18 heavy (non-hydrogen) atoms. The van der Waals surface area contributed by atoms with Crippen LogP contribution >= 0.6 is 0 Å². The molecule has 7 heteroatoms. The number of hydrogen-bond acceptors (Lipinski definition) is 3. The summed E-state index contributed by atoms with van der Waals surface area (Å²) >= 11 is 0. The molecule has 0 spiro atoms. The summed E-state index contributed by atoms with van der Waals surface area (Å²) in [5.41, 5.74) is 0. The minimum Gasteiger partial charge on any atom is -0.480 e. The quantitative estimate of drug-likeness (QED) is 0.761. The Hall–Kier alpha value is -1.73. The first kappa shape index (κ1) is 14.3. The normalized spacial score (nSPS) is 12.9. The molecule has 0 aliphatic heterocycles. The van der Waals surface area contributed by atoms with Gasteiger partial charge in [0.05, 0.1) is 4.90 Å². The first-order valence-corrected chi connectivity index (χ1v) is 6.46. The van der Waals surface area contributed by atoms with Gasteiger partial charge in [-0.25, -0.2) is 12.8 Å². The van der Waals surface area contributed by atoms with Crippen LogP contribution in [-0.2, 0) is 14.8 Å². The molecule has 1 atom stereocenters. The molecule has 0 bridgehead atoms. The second-order valence-corrected chi connectivity index (χ2v) is 5.20. The van der Waals surface area contributed by atoms with Crippen molar-refractivity contribution in [2.45, 2.75) is 17.4 Å². The summed E-state index contributed by atoms with van der Waals surface area (Å²) in [7, 11) is -3.99. The van der Waals surface area contributed by atoms with E-state index in [1.807, 2.05) is 4.72 Å². The van der Waals surface area contributed by atoms with Crippen molar-refractivity contribution in [1.82, 2.24) is 4.72 Å². The predicted octanol–water partition coefficient (Wildman–Crippen LogP) is 1.13. The average molecular weight is 273 g/mol. The van der Waals surface area contributed by atoms with E-state index < -0.39 is 27.9 Å². The molecule has 0 saturated heterocycles. The standard InChI is InChI=1S/C11H12FNO4S/c1-2-3-10(11(14)15)13-18(16,17)9-6-4-8(12)5-7-9/h2,4-7,10,13H,1,3H2,(H,14,15). The van der Waals surface area contributed by atoms with Crippen LogP contribution in [0.25, 0.3) is 0 Å². The molecule has 0 amide bonds. The third kappa shape index (κ3) is 3.64. The number of carboxylic acid groups (broad SMARTS) is 1. The van der Waals surface area contributed by atoms with E-state index in [-0.39, 0.29) is 11.3 Å². The molecule has 2 N–H and O–H groups in total. The van der Waals surface area contributed by atoms with Gasteiger partial charge in [0, 0.05) is 0 Å². The van der Waals surface area contributed by atoms with Gasteiger partial charge in [-0.15, -0.1) is 6.58 Å². The average Bonchev–Trinajstić information content (AvgIpc) is 2.28. The van der Waals surface area contributed by atoms with E-state index >= 15 is 0 Å². The molecule has 98 valence electrons. The van der Waals surface area contributed by atoms with E-state index in [4.69, 9.17) is 5.11 Å². The molecule has 0 radical (unpaired) electrons. The maximum atomic E-state index is 12.7. The lowest BCUT2D eigenvalue weighted by atomic mass is 10.2. The van der Waals surface area contributed by atoms with Gasteiger partial charge in [-0.05, 0) is 30.7 Å². The number of benzene rings is 1. The Morgan fingerprint density at radius 3 is 2.44 bits per heavy atom. The Labute approximate surface area is 104 Å². The minimum absolute atomic E-state index is 0.0459. The molecule has 0 aliphatic carbocycles. The molecular weight excluding hydrogens is 261 g/mol. The highest BCUT2D eigenvalue weighted by molar-refractivity contribution is 7.89. The second kappa shape index (κ2) is 5.74. The van der Waals surface area contributed by atoms with E-state index in [0.717, 1.165) is 24.3 Å². The largest absolute Gasteiger partial charge is 0.480 e. The molecule has 0 saturated carbocycles. The van der Waals surface area contributed by atoms with E-state index in [1.54, 1.807) is 0 Å². The Kier molecular flexibility index (Phi) is 4.57. The first-order valence-electron chi connectivity index (χ1n) is 4.98. The number of nitrogens with one attached hydrogen (secondary N) is 1. The van der Waals surface area contributed by atoms with Crippen molar-refractivity contribution in [2.24, 2.45) is 0 Å². The predicted molar refractivity (Wildman–Crippen MR) is 63.0 cm³/mol. The summed E-state index contributed by atoms with van der Waals surface area (Å²) in [4.78, 5) is 10.6. The maximum absolute atomic E-state index is 12.7. The maximum Gasteiger partial charge on any atom is 0.322 e. The summed E-state index contributed by atoms with van der Waals surface area (Å²) in [6.45, 7) is 3.35. The van der Waals surface area contributed by atoms with Gasteiger partial charge in [0.15, 0.2) is 0 Å². The van der Waals surface area contributed by atoms with Crippen LogP contribution in [-0.4, -0.2) is 25.5 Å². The number of carboxylic acids is 1. The van der Waals surface area contributed by atoms with Crippen LogP contribution in [0.15, 0.2) is 41.8 Å². The number of rotatable bonds is 6. The highest BCUT2D eigenvalue weighted by Gasteiger charge is 2.24. The van der Waals surface area contributed by atoms with E-state index in [0.29, 0.717) is 0 Å². The topological polar surface area (TPSA) is 83.5 Å². The first-order chi connectivity index (χ1) is 8.36. The van der Waals surface area contributed by atoms with Crippen molar-refractivity contribution >= 4 is 16.0 Å². The zero-order valence-electron chi connectivity index (χ0n) is 9.34. The molecule has 1 aromatic carbocycles. The number of carbonyl (C=O) groups is 1. The second-order valence-electron chi connectivity index (χ2n) is 3.49. The molecule has 0 aromatic heterocycles. The van der Waals surface area contributed by atoms with Crippen LogP contribution in [0, 0.1) is 5.82 Å². The fourth-order valence-electron chi connectivity index (χ4n) is 1.24. The van der Waals surface area contributed by atoms with Crippen LogP contribution in [0.1, 0.15) is 6.42 Å². The van der Waals surface area contributed by atoms with Crippen molar-refractivity contribution in [2.75, 3.05) is 0 Å². The van der Waals surface area contributed by atoms with Crippen molar-refractivity contribution in [1.29, 1.82) is 0 Å². The summed E-state index contributed by atoms with van der Waals surface area (Å²) in [5.74, 6) is -1.88. The Morgan fingerprint density at radius 2 is 2.00 bits per heavy atom. The zero-order valence-corrected chi connectivity index (χ0v) is 10.2. The molecule has 5 nitrogen and oxygen atoms in total. The summed E-state index contributed by atoms with van der Waals surface area (Å²) < 4.78 is 38.3.